The summed E-state index contributed by atoms with van der Waals surface area (Å²) in [6.45, 7) is 5.81. The number of rotatable bonds is 5. The van der Waals surface area contributed by atoms with E-state index in [4.69, 9.17) is 5.73 Å². The molecule has 0 atom stereocenters. The van der Waals surface area contributed by atoms with E-state index in [1.807, 2.05) is 0 Å². The molecule has 0 aromatic carbocycles. The lowest BCUT2D eigenvalue weighted by atomic mass is 10.0. The molecule has 1 heterocycles. The van der Waals surface area contributed by atoms with Crippen LogP contribution in [-0.2, 0) is 6.54 Å². The first-order chi connectivity index (χ1) is 6.33. The van der Waals surface area contributed by atoms with E-state index in [0.717, 1.165) is 25.2 Å². The first-order valence-electron chi connectivity index (χ1n) is 4.91. The molecule has 0 unspecified atom stereocenters. The molecule has 2 N–H and O–H groups in total. The normalized spacial score (nSPS) is 11.1. The summed E-state index contributed by atoms with van der Waals surface area (Å²) < 4.78 is 2.05. The summed E-state index contributed by atoms with van der Waals surface area (Å²) in [7, 11) is 0. The molecule has 0 radical (unpaired) electrons. The van der Waals surface area contributed by atoms with Gasteiger partial charge in [-0.2, -0.15) is 0 Å². The molecule has 0 saturated heterocycles. The predicted octanol–water partition coefficient (Wildman–Crippen LogP) is 1.14. The molecule has 4 nitrogen and oxygen atoms in total. The van der Waals surface area contributed by atoms with Gasteiger partial charge in [0.25, 0.3) is 0 Å². The molecular formula is C9H18N4. The molecule has 13 heavy (non-hydrogen) atoms. The fraction of sp³-hybridized carbons (Fsp3) is 0.778. The Balaban J connectivity index is 2.78. The smallest absolute Gasteiger partial charge is 0.135 e. The van der Waals surface area contributed by atoms with Crippen LogP contribution >= 0.6 is 0 Å². The van der Waals surface area contributed by atoms with Crippen molar-refractivity contribution >= 4 is 0 Å². The molecule has 0 aliphatic rings. The fourth-order valence-corrected chi connectivity index (χ4v) is 1.55. The second kappa shape index (κ2) is 4.97. The zero-order chi connectivity index (χ0) is 9.68. The van der Waals surface area contributed by atoms with E-state index in [-0.39, 0.29) is 0 Å². The second-order valence-electron chi connectivity index (χ2n) is 3.18. The number of nitrogens with two attached hydrogens (primary N) is 1. The van der Waals surface area contributed by atoms with Gasteiger partial charge in [0.2, 0.25) is 0 Å². The lowest BCUT2D eigenvalue weighted by molar-refractivity contribution is 0.548. The van der Waals surface area contributed by atoms with Crippen molar-refractivity contribution in [2.24, 2.45) is 5.73 Å². The van der Waals surface area contributed by atoms with Crippen molar-refractivity contribution in [1.82, 2.24) is 14.8 Å². The Labute approximate surface area is 79.2 Å². The van der Waals surface area contributed by atoms with E-state index in [0.29, 0.717) is 12.5 Å². The quantitative estimate of drug-likeness (QED) is 0.743. The summed E-state index contributed by atoms with van der Waals surface area (Å²) in [5.41, 5.74) is 5.50. The van der Waals surface area contributed by atoms with Gasteiger partial charge < -0.3 is 10.3 Å². The Bertz CT molecular complexity index is 240. The van der Waals surface area contributed by atoms with Crippen LogP contribution in [0.3, 0.4) is 0 Å². The Morgan fingerprint density at radius 2 is 2.15 bits per heavy atom. The average Bonchev–Trinajstić information content (AvgIpc) is 2.57. The van der Waals surface area contributed by atoms with Crippen LogP contribution in [0.5, 0.6) is 0 Å². The standard InChI is InChI=1S/C9H18N4/c1-3-8(4-2)9-12-11-7-13(9)6-5-10/h7-8H,3-6,10H2,1-2H3. The maximum atomic E-state index is 5.50. The molecule has 1 aromatic rings. The van der Waals surface area contributed by atoms with Crippen molar-refractivity contribution in [3.05, 3.63) is 12.2 Å². The van der Waals surface area contributed by atoms with E-state index >= 15 is 0 Å². The van der Waals surface area contributed by atoms with Gasteiger partial charge >= 0.3 is 0 Å². The second-order valence-corrected chi connectivity index (χ2v) is 3.18. The summed E-state index contributed by atoms with van der Waals surface area (Å²) in [6, 6.07) is 0. The molecule has 0 saturated carbocycles. The molecule has 0 bridgehead atoms. The maximum Gasteiger partial charge on any atom is 0.135 e. The van der Waals surface area contributed by atoms with Crippen LogP contribution in [-0.4, -0.2) is 21.3 Å². The van der Waals surface area contributed by atoms with Crippen LogP contribution in [0.1, 0.15) is 38.4 Å². The molecule has 0 fully saturated rings. The van der Waals surface area contributed by atoms with E-state index in [9.17, 15) is 0 Å². The zero-order valence-electron chi connectivity index (χ0n) is 8.40. The Morgan fingerprint density at radius 3 is 2.69 bits per heavy atom. The fourth-order valence-electron chi connectivity index (χ4n) is 1.55. The minimum Gasteiger partial charge on any atom is -0.329 e. The highest BCUT2D eigenvalue weighted by Gasteiger charge is 2.13. The van der Waals surface area contributed by atoms with Crippen LogP contribution < -0.4 is 5.73 Å². The van der Waals surface area contributed by atoms with Gasteiger partial charge in [0.1, 0.15) is 12.2 Å². The largest absolute Gasteiger partial charge is 0.329 e. The maximum absolute atomic E-state index is 5.50. The molecule has 1 aromatic heterocycles. The highest BCUT2D eigenvalue weighted by atomic mass is 15.3. The Hall–Kier alpha value is -0.900. The molecule has 1 rings (SSSR count). The molecule has 74 valence electrons. The summed E-state index contributed by atoms with van der Waals surface area (Å²) in [5.74, 6) is 1.60. The van der Waals surface area contributed by atoms with Crippen LogP contribution in [0.4, 0.5) is 0 Å². The van der Waals surface area contributed by atoms with E-state index in [2.05, 4.69) is 28.6 Å². The predicted molar refractivity (Wildman–Crippen MR) is 52.4 cm³/mol. The lowest BCUT2D eigenvalue weighted by Crippen LogP contribution is -2.14. The Kier molecular flexibility index (Phi) is 3.89. The third kappa shape index (κ3) is 2.28. The number of nitrogens with zero attached hydrogens (tertiary/aromatic N) is 3. The molecule has 0 spiro atoms. The minimum atomic E-state index is 0.522. The van der Waals surface area contributed by atoms with Crippen molar-refractivity contribution in [2.45, 2.75) is 39.2 Å². The summed E-state index contributed by atoms with van der Waals surface area (Å²) in [6.07, 6.45) is 3.99. The average molecular weight is 182 g/mol. The third-order valence-corrected chi connectivity index (χ3v) is 2.37. The van der Waals surface area contributed by atoms with E-state index in [1.54, 1.807) is 6.33 Å². The van der Waals surface area contributed by atoms with Crippen molar-refractivity contribution in [1.29, 1.82) is 0 Å². The van der Waals surface area contributed by atoms with Gasteiger partial charge in [-0.05, 0) is 12.8 Å². The molecule has 0 amide bonds. The molecule has 0 aliphatic carbocycles. The summed E-state index contributed by atoms with van der Waals surface area (Å²) >= 11 is 0. The monoisotopic (exact) mass is 182 g/mol. The van der Waals surface area contributed by atoms with Gasteiger partial charge in [-0.25, -0.2) is 0 Å². The van der Waals surface area contributed by atoms with Crippen LogP contribution in [0.2, 0.25) is 0 Å². The minimum absolute atomic E-state index is 0.522. The van der Waals surface area contributed by atoms with Gasteiger partial charge in [-0.1, -0.05) is 13.8 Å². The van der Waals surface area contributed by atoms with Gasteiger partial charge in [-0.15, -0.1) is 10.2 Å². The molecule has 0 aliphatic heterocycles. The lowest BCUT2D eigenvalue weighted by Gasteiger charge is -2.12. The first-order valence-corrected chi connectivity index (χ1v) is 4.91. The first kappa shape index (κ1) is 10.2. The zero-order valence-corrected chi connectivity index (χ0v) is 8.40. The summed E-state index contributed by atoms with van der Waals surface area (Å²) in [5, 5.41) is 8.05. The van der Waals surface area contributed by atoms with Gasteiger partial charge in [-0.3, -0.25) is 0 Å². The van der Waals surface area contributed by atoms with Crippen LogP contribution in [0, 0.1) is 0 Å². The van der Waals surface area contributed by atoms with Crippen molar-refractivity contribution in [3.8, 4) is 0 Å². The third-order valence-electron chi connectivity index (χ3n) is 2.37. The van der Waals surface area contributed by atoms with Crippen LogP contribution in [0.15, 0.2) is 6.33 Å². The van der Waals surface area contributed by atoms with Crippen molar-refractivity contribution < 1.29 is 0 Å². The van der Waals surface area contributed by atoms with Gasteiger partial charge in [0.15, 0.2) is 0 Å². The Morgan fingerprint density at radius 1 is 1.46 bits per heavy atom. The van der Waals surface area contributed by atoms with Crippen molar-refractivity contribution in [2.75, 3.05) is 6.54 Å². The highest BCUT2D eigenvalue weighted by molar-refractivity contribution is 4.95. The number of hydrogen-bond acceptors (Lipinski definition) is 3. The van der Waals surface area contributed by atoms with Gasteiger partial charge in [0, 0.05) is 19.0 Å². The molecule has 4 heteroatoms. The molecular weight excluding hydrogens is 164 g/mol. The highest BCUT2D eigenvalue weighted by Crippen LogP contribution is 2.19. The van der Waals surface area contributed by atoms with Crippen LogP contribution in [0.25, 0.3) is 0 Å². The van der Waals surface area contributed by atoms with Crippen molar-refractivity contribution in [3.63, 3.8) is 0 Å². The van der Waals surface area contributed by atoms with Gasteiger partial charge in [0.05, 0.1) is 0 Å². The number of hydrogen-bond donors (Lipinski definition) is 1. The number of aromatic nitrogens is 3. The van der Waals surface area contributed by atoms with E-state index in [1.165, 1.54) is 0 Å². The topological polar surface area (TPSA) is 56.7 Å². The SMILES string of the molecule is CCC(CC)c1nncn1CCN. The van der Waals surface area contributed by atoms with E-state index < -0.39 is 0 Å². The summed E-state index contributed by atoms with van der Waals surface area (Å²) in [4.78, 5) is 0.